The first-order chi connectivity index (χ1) is 11.6. The minimum absolute atomic E-state index is 0.150. The molecule has 2 N–H and O–H groups in total. The van der Waals surface area contributed by atoms with E-state index < -0.39 is 0 Å². The van der Waals surface area contributed by atoms with Gasteiger partial charge < -0.3 is 20.2 Å². The van der Waals surface area contributed by atoms with Crippen molar-refractivity contribution in [3.05, 3.63) is 18.3 Å². The van der Waals surface area contributed by atoms with Gasteiger partial charge in [0, 0.05) is 32.6 Å². The first-order valence-corrected chi connectivity index (χ1v) is 9.04. The van der Waals surface area contributed by atoms with Gasteiger partial charge in [-0.3, -0.25) is 0 Å². The number of carbonyl (C=O) groups is 1. The monoisotopic (exact) mass is 332 g/mol. The van der Waals surface area contributed by atoms with Crippen LogP contribution in [-0.2, 0) is 0 Å². The largest absolute Gasteiger partial charge is 0.393 e. The van der Waals surface area contributed by atoms with E-state index in [0.29, 0.717) is 12.2 Å². The van der Waals surface area contributed by atoms with Crippen LogP contribution in [0.4, 0.5) is 16.3 Å². The number of amides is 2. The van der Waals surface area contributed by atoms with Gasteiger partial charge in [-0.25, -0.2) is 9.78 Å². The maximum absolute atomic E-state index is 12.3. The SMILES string of the molecule is CN(CC1CCCCC1O)C(=O)Nc1ccc(N2CCCC2)nc1. The van der Waals surface area contributed by atoms with E-state index >= 15 is 0 Å². The summed E-state index contributed by atoms with van der Waals surface area (Å²) in [5.74, 6) is 1.16. The van der Waals surface area contributed by atoms with Gasteiger partial charge in [0.05, 0.1) is 18.0 Å². The fraction of sp³-hybridized carbons (Fsp3) is 0.667. The lowest BCUT2D eigenvalue weighted by Crippen LogP contribution is -2.40. The van der Waals surface area contributed by atoms with Gasteiger partial charge in [-0.2, -0.15) is 0 Å². The molecule has 2 atom stereocenters. The highest BCUT2D eigenvalue weighted by Gasteiger charge is 2.25. The van der Waals surface area contributed by atoms with Crippen molar-refractivity contribution in [1.29, 1.82) is 0 Å². The maximum atomic E-state index is 12.3. The molecule has 0 radical (unpaired) electrons. The van der Waals surface area contributed by atoms with Crippen LogP contribution < -0.4 is 10.2 Å². The Hall–Kier alpha value is -1.82. The molecule has 6 heteroatoms. The summed E-state index contributed by atoms with van der Waals surface area (Å²) in [6.07, 6.45) is 7.94. The Morgan fingerprint density at radius 3 is 2.71 bits per heavy atom. The molecule has 1 aromatic rings. The summed E-state index contributed by atoms with van der Waals surface area (Å²) in [5, 5.41) is 12.9. The lowest BCUT2D eigenvalue weighted by Gasteiger charge is -2.31. The minimum Gasteiger partial charge on any atom is -0.393 e. The topological polar surface area (TPSA) is 68.7 Å². The summed E-state index contributed by atoms with van der Waals surface area (Å²) in [7, 11) is 1.78. The third-order valence-corrected chi connectivity index (χ3v) is 5.15. The number of nitrogens with one attached hydrogen (secondary N) is 1. The zero-order valence-electron chi connectivity index (χ0n) is 14.4. The summed E-state index contributed by atoms with van der Waals surface area (Å²) in [4.78, 5) is 20.7. The van der Waals surface area contributed by atoms with E-state index in [-0.39, 0.29) is 18.1 Å². The van der Waals surface area contributed by atoms with Crippen LogP contribution in [0, 0.1) is 5.92 Å². The Morgan fingerprint density at radius 1 is 1.29 bits per heavy atom. The Labute approximate surface area is 143 Å². The van der Waals surface area contributed by atoms with Crippen LogP contribution in [0.5, 0.6) is 0 Å². The van der Waals surface area contributed by atoms with Gasteiger partial charge in [-0.15, -0.1) is 0 Å². The molecule has 6 nitrogen and oxygen atoms in total. The van der Waals surface area contributed by atoms with E-state index in [1.54, 1.807) is 18.1 Å². The number of pyridine rings is 1. The van der Waals surface area contributed by atoms with Crippen LogP contribution in [0.25, 0.3) is 0 Å². The molecule has 132 valence electrons. The fourth-order valence-corrected chi connectivity index (χ4v) is 3.65. The van der Waals surface area contributed by atoms with Crippen LogP contribution in [-0.4, -0.2) is 53.8 Å². The van der Waals surface area contributed by atoms with E-state index in [9.17, 15) is 9.90 Å². The third-order valence-electron chi connectivity index (χ3n) is 5.15. The number of hydrogen-bond acceptors (Lipinski definition) is 4. The molecule has 1 aliphatic heterocycles. The van der Waals surface area contributed by atoms with Gasteiger partial charge in [0.2, 0.25) is 0 Å². The molecule has 0 spiro atoms. The van der Waals surface area contributed by atoms with Gasteiger partial charge in [-0.05, 0) is 37.8 Å². The van der Waals surface area contributed by atoms with Crippen LogP contribution in [0.2, 0.25) is 0 Å². The van der Waals surface area contributed by atoms with E-state index in [1.807, 2.05) is 12.1 Å². The molecule has 1 saturated carbocycles. The lowest BCUT2D eigenvalue weighted by atomic mass is 9.86. The van der Waals surface area contributed by atoms with Crippen molar-refractivity contribution in [1.82, 2.24) is 9.88 Å². The highest BCUT2D eigenvalue weighted by atomic mass is 16.3. The molecule has 0 aromatic carbocycles. The van der Waals surface area contributed by atoms with Gasteiger partial charge in [0.25, 0.3) is 0 Å². The Balaban J connectivity index is 1.51. The molecule has 1 saturated heterocycles. The highest BCUT2D eigenvalue weighted by Crippen LogP contribution is 2.25. The first kappa shape index (κ1) is 17.0. The quantitative estimate of drug-likeness (QED) is 0.889. The predicted molar refractivity (Wildman–Crippen MR) is 95.3 cm³/mol. The van der Waals surface area contributed by atoms with Crippen molar-refractivity contribution in [2.45, 2.75) is 44.6 Å². The van der Waals surface area contributed by atoms with Gasteiger partial charge in [0.1, 0.15) is 5.82 Å². The number of nitrogens with zero attached hydrogens (tertiary/aromatic N) is 3. The zero-order chi connectivity index (χ0) is 16.9. The average Bonchev–Trinajstić information content (AvgIpc) is 3.12. The number of hydrogen-bond donors (Lipinski definition) is 2. The van der Waals surface area contributed by atoms with Gasteiger partial charge in [0.15, 0.2) is 0 Å². The van der Waals surface area contributed by atoms with Crippen LogP contribution in [0.1, 0.15) is 38.5 Å². The lowest BCUT2D eigenvalue weighted by molar-refractivity contribution is 0.0575. The fourth-order valence-electron chi connectivity index (χ4n) is 3.65. The average molecular weight is 332 g/mol. The molecule has 3 rings (SSSR count). The summed E-state index contributed by atoms with van der Waals surface area (Å²) >= 11 is 0. The van der Waals surface area contributed by atoms with Crippen molar-refractivity contribution < 1.29 is 9.90 Å². The van der Waals surface area contributed by atoms with E-state index in [2.05, 4.69) is 15.2 Å². The van der Waals surface area contributed by atoms with Gasteiger partial charge >= 0.3 is 6.03 Å². The van der Waals surface area contributed by atoms with Crippen molar-refractivity contribution >= 4 is 17.5 Å². The maximum Gasteiger partial charge on any atom is 0.321 e. The molecule has 0 bridgehead atoms. The summed E-state index contributed by atoms with van der Waals surface area (Å²) in [5.41, 5.74) is 0.707. The molecule has 24 heavy (non-hydrogen) atoms. The standard InChI is InChI=1S/C18H28N4O2/c1-21(13-14-6-2-3-7-16(14)23)18(24)20-15-8-9-17(19-12-15)22-10-4-5-11-22/h8-9,12,14,16,23H,2-7,10-11,13H2,1H3,(H,20,24). The van der Waals surface area contributed by atoms with E-state index in [4.69, 9.17) is 0 Å². The number of carbonyl (C=O) groups excluding carboxylic acids is 1. The summed E-state index contributed by atoms with van der Waals surface area (Å²) in [6, 6.07) is 3.72. The molecule has 1 aliphatic carbocycles. The molecule has 2 heterocycles. The predicted octanol–water partition coefficient (Wildman–Crippen LogP) is 2.70. The van der Waals surface area contributed by atoms with Crippen molar-refractivity contribution in [2.75, 3.05) is 36.9 Å². The van der Waals surface area contributed by atoms with Crippen LogP contribution >= 0.6 is 0 Å². The smallest absolute Gasteiger partial charge is 0.321 e. The first-order valence-electron chi connectivity index (χ1n) is 9.04. The Kier molecular flexibility index (Phi) is 5.56. The zero-order valence-corrected chi connectivity index (χ0v) is 14.4. The molecular formula is C18H28N4O2. The molecular weight excluding hydrogens is 304 g/mol. The molecule has 2 aliphatic rings. The third kappa shape index (κ3) is 4.17. The number of aromatic nitrogens is 1. The number of anilines is 2. The van der Waals surface area contributed by atoms with Gasteiger partial charge in [-0.1, -0.05) is 12.8 Å². The Morgan fingerprint density at radius 2 is 2.04 bits per heavy atom. The van der Waals surface area contributed by atoms with Crippen molar-refractivity contribution in [2.24, 2.45) is 5.92 Å². The number of rotatable bonds is 4. The normalized spacial score (nSPS) is 24.0. The highest BCUT2D eigenvalue weighted by molar-refractivity contribution is 5.89. The minimum atomic E-state index is -0.282. The van der Waals surface area contributed by atoms with Crippen molar-refractivity contribution in [3.8, 4) is 0 Å². The molecule has 2 amide bonds. The number of aliphatic hydroxyl groups is 1. The van der Waals surface area contributed by atoms with Crippen LogP contribution in [0.15, 0.2) is 18.3 Å². The van der Waals surface area contributed by atoms with E-state index in [0.717, 1.165) is 44.6 Å². The summed E-state index contributed by atoms with van der Waals surface area (Å²) < 4.78 is 0. The second-order valence-electron chi connectivity index (χ2n) is 7.02. The molecule has 2 unspecified atom stereocenters. The van der Waals surface area contributed by atoms with Crippen LogP contribution in [0.3, 0.4) is 0 Å². The Bertz CT molecular complexity index is 542. The summed E-state index contributed by atoms with van der Waals surface area (Å²) in [6.45, 7) is 2.71. The van der Waals surface area contributed by atoms with E-state index in [1.165, 1.54) is 12.8 Å². The van der Waals surface area contributed by atoms with Crippen molar-refractivity contribution in [3.63, 3.8) is 0 Å². The number of urea groups is 1. The second-order valence-corrected chi connectivity index (χ2v) is 7.02. The second kappa shape index (κ2) is 7.83. The molecule has 1 aromatic heterocycles. The molecule has 2 fully saturated rings. The number of aliphatic hydroxyl groups excluding tert-OH is 1.